The Kier molecular flexibility index (Phi) is 4.71. The van der Waals surface area contributed by atoms with E-state index in [1.165, 1.54) is 4.88 Å². The van der Waals surface area contributed by atoms with Gasteiger partial charge in [-0.05, 0) is 49.9 Å². The number of rotatable bonds is 5. The van der Waals surface area contributed by atoms with Crippen molar-refractivity contribution in [2.24, 2.45) is 0 Å². The maximum absolute atomic E-state index is 5.59. The van der Waals surface area contributed by atoms with E-state index in [-0.39, 0.29) is 12.1 Å². The number of thiophene rings is 1. The molecule has 0 aromatic carbocycles. The largest absolute Gasteiger partial charge is 0.352 e. The molecule has 116 valence electrons. The van der Waals surface area contributed by atoms with Crippen molar-refractivity contribution >= 4 is 28.7 Å². The van der Waals surface area contributed by atoms with Crippen LogP contribution in [0.5, 0.6) is 0 Å². The highest BCUT2D eigenvalue weighted by Crippen LogP contribution is 2.39. The molecule has 2 aromatic heterocycles. The molecule has 1 fully saturated rings. The minimum Gasteiger partial charge on any atom is -0.352 e. The standard InChI is InChI=1S/C16H20N4S2/c1-19(2)9-10-20-15(13-7-5-11-22-13)14(18-16(20)21)12-6-3-4-8-17-12/h3-8,11,14-15H,9-10H2,1-2H3,(H,18,21)/t14-,15+/m1/s1. The van der Waals surface area contributed by atoms with Crippen LogP contribution in [0.3, 0.4) is 0 Å². The predicted octanol–water partition coefficient (Wildman–Crippen LogP) is 2.68. The summed E-state index contributed by atoms with van der Waals surface area (Å²) in [5.74, 6) is 0. The lowest BCUT2D eigenvalue weighted by Gasteiger charge is -2.27. The van der Waals surface area contributed by atoms with Gasteiger partial charge in [0.1, 0.15) is 0 Å². The van der Waals surface area contributed by atoms with Crippen molar-refractivity contribution < 1.29 is 0 Å². The Bertz CT molecular complexity index is 612. The van der Waals surface area contributed by atoms with Gasteiger partial charge in [0.15, 0.2) is 5.11 Å². The van der Waals surface area contributed by atoms with Crippen molar-refractivity contribution in [3.05, 3.63) is 52.5 Å². The number of hydrogen-bond acceptors (Lipinski definition) is 4. The lowest BCUT2D eigenvalue weighted by Crippen LogP contribution is -2.35. The van der Waals surface area contributed by atoms with E-state index in [0.29, 0.717) is 0 Å². The Balaban J connectivity index is 1.92. The fourth-order valence-corrected chi connectivity index (χ4v) is 3.93. The number of nitrogens with zero attached hydrogens (tertiary/aromatic N) is 3. The third-order valence-corrected chi connectivity index (χ3v) is 5.12. The van der Waals surface area contributed by atoms with Crippen LogP contribution in [0.4, 0.5) is 0 Å². The van der Waals surface area contributed by atoms with Crippen LogP contribution in [0.1, 0.15) is 22.7 Å². The summed E-state index contributed by atoms with van der Waals surface area (Å²) in [5.41, 5.74) is 1.04. The van der Waals surface area contributed by atoms with E-state index in [1.807, 2.05) is 18.3 Å². The highest BCUT2D eigenvalue weighted by Gasteiger charge is 2.39. The summed E-state index contributed by atoms with van der Waals surface area (Å²) in [7, 11) is 4.17. The van der Waals surface area contributed by atoms with Gasteiger partial charge in [-0.15, -0.1) is 11.3 Å². The lowest BCUT2D eigenvalue weighted by molar-refractivity contribution is 0.280. The van der Waals surface area contributed by atoms with Gasteiger partial charge in [0, 0.05) is 24.2 Å². The van der Waals surface area contributed by atoms with E-state index in [2.05, 4.69) is 57.8 Å². The van der Waals surface area contributed by atoms with Gasteiger partial charge in [-0.3, -0.25) is 4.98 Å². The van der Waals surface area contributed by atoms with E-state index in [0.717, 1.165) is 23.9 Å². The molecule has 0 amide bonds. The summed E-state index contributed by atoms with van der Waals surface area (Å²) in [6.07, 6.45) is 1.84. The third-order valence-electron chi connectivity index (χ3n) is 3.82. The summed E-state index contributed by atoms with van der Waals surface area (Å²) in [5, 5.41) is 6.40. The number of likely N-dealkylation sites (N-methyl/N-ethyl adjacent to an activating group) is 1. The molecule has 1 aliphatic rings. The molecule has 0 unspecified atom stereocenters. The highest BCUT2D eigenvalue weighted by atomic mass is 32.1. The van der Waals surface area contributed by atoms with Crippen LogP contribution in [-0.2, 0) is 0 Å². The molecule has 0 aliphatic carbocycles. The topological polar surface area (TPSA) is 31.4 Å². The third kappa shape index (κ3) is 3.14. The fraction of sp³-hybridized carbons (Fsp3) is 0.375. The molecule has 0 spiro atoms. The Morgan fingerprint density at radius 3 is 2.82 bits per heavy atom. The van der Waals surface area contributed by atoms with Gasteiger partial charge in [0.25, 0.3) is 0 Å². The van der Waals surface area contributed by atoms with Crippen LogP contribution in [-0.4, -0.2) is 47.1 Å². The zero-order valence-corrected chi connectivity index (χ0v) is 14.4. The molecule has 1 saturated heterocycles. The van der Waals surface area contributed by atoms with Gasteiger partial charge in [-0.1, -0.05) is 12.1 Å². The molecular formula is C16H20N4S2. The quantitative estimate of drug-likeness (QED) is 0.851. The molecule has 6 heteroatoms. The van der Waals surface area contributed by atoms with Crippen molar-refractivity contribution in [2.75, 3.05) is 27.2 Å². The summed E-state index contributed by atoms with van der Waals surface area (Å²) in [6.45, 7) is 1.88. The van der Waals surface area contributed by atoms with Gasteiger partial charge in [0.05, 0.1) is 17.8 Å². The van der Waals surface area contributed by atoms with Crippen LogP contribution < -0.4 is 5.32 Å². The smallest absolute Gasteiger partial charge is 0.170 e. The predicted molar refractivity (Wildman–Crippen MR) is 95.0 cm³/mol. The number of hydrogen-bond donors (Lipinski definition) is 1. The molecule has 1 aliphatic heterocycles. The first-order chi connectivity index (χ1) is 10.7. The average molecular weight is 332 g/mol. The second-order valence-electron chi connectivity index (χ2n) is 5.64. The van der Waals surface area contributed by atoms with Crippen molar-refractivity contribution in [2.45, 2.75) is 12.1 Å². The first-order valence-electron chi connectivity index (χ1n) is 7.33. The number of aromatic nitrogens is 1. The maximum Gasteiger partial charge on any atom is 0.170 e. The molecule has 22 heavy (non-hydrogen) atoms. The number of pyridine rings is 1. The van der Waals surface area contributed by atoms with Crippen molar-refractivity contribution in [3.8, 4) is 0 Å². The van der Waals surface area contributed by atoms with Crippen LogP contribution in [0.2, 0.25) is 0 Å². The minimum atomic E-state index is 0.106. The zero-order valence-electron chi connectivity index (χ0n) is 12.8. The Morgan fingerprint density at radius 1 is 1.32 bits per heavy atom. The fourth-order valence-electron chi connectivity index (χ4n) is 2.72. The van der Waals surface area contributed by atoms with E-state index in [9.17, 15) is 0 Å². The van der Waals surface area contributed by atoms with Crippen molar-refractivity contribution in [3.63, 3.8) is 0 Å². The lowest BCUT2D eigenvalue weighted by atomic mass is 10.0. The van der Waals surface area contributed by atoms with Crippen LogP contribution in [0, 0.1) is 0 Å². The normalized spacial score (nSPS) is 21.4. The molecule has 4 nitrogen and oxygen atoms in total. The van der Waals surface area contributed by atoms with Gasteiger partial charge >= 0.3 is 0 Å². The van der Waals surface area contributed by atoms with Crippen molar-refractivity contribution in [1.82, 2.24) is 20.1 Å². The second kappa shape index (κ2) is 6.73. The molecule has 2 atom stereocenters. The zero-order chi connectivity index (χ0) is 15.5. The first-order valence-corrected chi connectivity index (χ1v) is 8.62. The maximum atomic E-state index is 5.59. The minimum absolute atomic E-state index is 0.106. The molecule has 0 saturated carbocycles. The molecule has 2 aromatic rings. The molecule has 3 rings (SSSR count). The Labute approximate surface area is 140 Å². The summed E-state index contributed by atoms with van der Waals surface area (Å²) in [6, 6.07) is 10.6. The van der Waals surface area contributed by atoms with Gasteiger partial charge < -0.3 is 15.1 Å². The molecule has 1 N–H and O–H groups in total. The summed E-state index contributed by atoms with van der Waals surface area (Å²) in [4.78, 5) is 10.3. The average Bonchev–Trinajstić information content (AvgIpc) is 3.13. The van der Waals surface area contributed by atoms with Crippen LogP contribution >= 0.6 is 23.6 Å². The number of thiocarbonyl (C=S) groups is 1. The van der Waals surface area contributed by atoms with Gasteiger partial charge in [-0.25, -0.2) is 0 Å². The Hall–Kier alpha value is -1.50. The monoisotopic (exact) mass is 332 g/mol. The molecule has 0 radical (unpaired) electrons. The van der Waals surface area contributed by atoms with E-state index in [1.54, 1.807) is 11.3 Å². The molecular weight excluding hydrogens is 312 g/mol. The molecule has 0 bridgehead atoms. The van der Waals surface area contributed by atoms with E-state index < -0.39 is 0 Å². The second-order valence-corrected chi connectivity index (χ2v) is 7.00. The Morgan fingerprint density at radius 2 is 2.18 bits per heavy atom. The first kappa shape index (κ1) is 15.4. The van der Waals surface area contributed by atoms with E-state index >= 15 is 0 Å². The van der Waals surface area contributed by atoms with Crippen molar-refractivity contribution in [1.29, 1.82) is 0 Å². The van der Waals surface area contributed by atoms with Crippen LogP contribution in [0.15, 0.2) is 41.9 Å². The molecule has 3 heterocycles. The highest BCUT2D eigenvalue weighted by molar-refractivity contribution is 7.80. The van der Waals surface area contributed by atoms with Gasteiger partial charge in [-0.2, -0.15) is 0 Å². The van der Waals surface area contributed by atoms with E-state index in [4.69, 9.17) is 12.2 Å². The van der Waals surface area contributed by atoms with Crippen LogP contribution in [0.25, 0.3) is 0 Å². The summed E-state index contributed by atoms with van der Waals surface area (Å²) < 4.78 is 0. The SMILES string of the molecule is CN(C)CCN1C(=S)N[C@H](c2ccccn2)[C@@H]1c1cccs1. The summed E-state index contributed by atoms with van der Waals surface area (Å²) >= 11 is 7.37. The number of nitrogens with one attached hydrogen (secondary N) is 1. The van der Waals surface area contributed by atoms with Gasteiger partial charge in [0.2, 0.25) is 0 Å².